The maximum Gasteiger partial charge on any atom is 0.252 e. The predicted octanol–water partition coefficient (Wildman–Crippen LogP) is 4.81. The Kier molecular flexibility index (Phi) is 5.08. The number of aromatic nitrogens is 3. The van der Waals surface area contributed by atoms with Crippen molar-refractivity contribution in [3.05, 3.63) is 82.8 Å². The van der Waals surface area contributed by atoms with E-state index in [1.165, 1.54) is 18.3 Å². The Morgan fingerprint density at radius 3 is 2.73 bits per heavy atom. The summed E-state index contributed by atoms with van der Waals surface area (Å²) in [6.07, 6.45) is 1.99. The molecule has 4 aromatic rings. The average Bonchev–Trinajstić information content (AvgIpc) is 3.18. The van der Waals surface area contributed by atoms with Gasteiger partial charge in [-0.2, -0.15) is 5.10 Å². The molecule has 3 heterocycles. The summed E-state index contributed by atoms with van der Waals surface area (Å²) in [4.78, 5) is 16.6. The molecule has 33 heavy (non-hydrogen) atoms. The lowest BCUT2D eigenvalue weighted by Crippen LogP contribution is -2.18. The standard InChI is InChI=1S/C25H22F2N4O2/c1-13(2)23-17(24(28)32)12-29-25-20(16-7-5-8-18(26)21(16)27)22(30-31(23)25)15-10-11-33-19-9-4-3-6-14(15)19/h3-9,12-13,15H,10-11H2,1-2H3,(H2,28,32)/t15-/m0/s1. The van der Waals surface area contributed by atoms with Crippen LogP contribution in [0.15, 0.2) is 48.7 Å². The summed E-state index contributed by atoms with van der Waals surface area (Å²) < 4.78 is 36.7. The van der Waals surface area contributed by atoms with E-state index in [4.69, 9.17) is 15.6 Å². The van der Waals surface area contributed by atoms with Gasteiger partial charge in [0.2, 0.25) is 0 Å². The Morgan fingerprint density at radius 2 is 1.97 bits per heavy atom. The monoisotopic (exact) mass is 448 g/mol. The van der Waals surface area contributed by atoms with Gasteiger partial charge in [-0.15, -0.1) is 0 Å². The number of hydrogen-bond acceptors (Lipinski definition) is 4. The summed E-state index contributed by atoms with van der Waals surface area (Å²) in [6.45, 7) is 4.28. The van der Waals surface area contributed by atoms with Gasteiger partial charge in [0.1, 0.15) is 5.75 Å². The molecule has 168 valence electrons. The number of nitrogens with two attached hydrogens (primary N) is 1. The van der Waals surface area contributed by atoms with E-state index in [2.05, 4.69) is 4.98 Å². The van der Waals surface area contributed by atoms with E-state index in [1.807, 2.05) is 38.1 Å². The molecule has 0 bridgehead atoms. The van der Waals surface area contributed by atoms with Crippen molar-refractivity contribution in [2.24, 2.45) is 5.73 Å². The number of nitrogens with zero attached hydrogens (tertiary/aromatic N) is 3. The zero-order chi connectivity index (χ0) is 23.3. The van der Waals surface area contributed by atoms with Crippen molar-refractivity contribution in [3.63, 3.8) is 0 Å². The highest BCUT2D eigenvalue weighted by Crippen LogP contribution is 2.43. The molecule has 0 saturated carbocycles. The van der Waals surface area contributed by atoms with Gasteiger partial charge in [-0.1, -0.05) is 44.2 Å². The molecule has 6 nitrogen and oxygen atoms in total. The third-order valence-corrected chi connectivity index (χ3v) is 6.03. The molecule has 2 aromatic carbocycles. The molecule has 0 radical (unpaired) electrons. The van der Waals surface area contributed by atoms with Crippen molar-refractivity contribution in [2.45, 2.75) is 32.1 Å². The molecule has 1 aliphatic rings. The number of benzene rings is 2. The fourth-order valence-electron chi connectivity index (χ4n) is 4.59. The minimum atomic E-state index is -0.971. The van der Waals surface area contributed by atoms with Gasteiger partial charge in [0, 0.05) is 23.2 Å². The van der Waals surface area contributed by atoms with Crippen molar-refractivity contribution in [1.29, 1.82) is 0 Å². The van der Waals surface area contributed by atoms with Crippen LogP contribution in [0.25, 0.3) is 16.8 Å². The van der Waals surface area contributed by atoms with Crippen molar-refractivity contribution >= 4 is 11.6 Å². The van der Waals surface area contributed by atoms with Crippen molar-refractivity contribution < 1.29 is 18.3 Å². The fraction of sp³-hybridized carbons (Fsp3) is 0.240. The first kappa shape index (κ1) is 21.1. The molecule has 0 fully saturated rings. The van der Waals surface area contributed by atoms with E-state index < -0.39 is 17.5 Å². The summed E-state index contributed by atoms with van der Waals surface area (Å²) in [7, 11) is 0. The first-order valence-electron chi connectivity index (χ1n) is 10.8. The Balaban J connectivity index is 1.88. The fourth-order valence-corrected chi connectivity index (χ4v) is 4.59. The molecule has 2 N–H and O–H groups in total. The summed E-state index contributed by atoms with van der Waals surface area (Å²) in [5.41, 5.74) is 8.67. The number of para-hydroxylation sites is 1. The van der Waals surface area contributed by atoms with E-state index in [0.717, 1.165) is 17.4 Å². The Morgan fingerprint density at radius 1 is 1.18 bits per heavy atom. The number of ether oxygens (including phenoxy) is 1. The summed E-state index contributed by atoms with van der Waals surface area (Å²) in [5, 5.41) is 4.85. The van der Waals surface area contributed by atoms with Crippen LogP contribution in [0.2, 0.25) is 0 Å². The van der Waals surface area contributed by atoms with Crippen LogP contribution in [0, 0.1) is 11.6 Å². The first-order valence-corrected chi connectivity index (χ1v) is 10.8. The number of carbonyl (C=O) groups is 1. The first-order chi connectivity index (χ1) is 15.9. The van der Waals surface area contributed by atoms with Crippen LogP contribution in [0.5, 0.6) is 5.75 Å². The highest BCUT2D eigenvalue weighted by Gasteiger charge is 2.32. The van der Waals surface area contributed by atoms with Gasteiger partial charge in [-0.3, -0.25) is 4.79 Å². The Bertz CT molecular complexity index is 1400. The molecule has 0 unspecified atom stereocenters. The number of rotatable bonds is 4. The SMILES string of the molecule is CC(C)c1c(C(N)=O)cnc2c(-c3cccc(F)c3F)c([C@H]3CCOc4ccccc43)nn12. The number of hydrogen-bond donors (Lipinski definition) is 1. The molecular weight excluding hydrogens is 426 g/mol. The number of carbonyl (C=O) groups excluding carboxylic acids is 1. The van der Waals surface area contributed by atoms with E-state index in [1.54, 1.807) is 4.52 Å². The Labute approximate surface area is 189 Å². The maximum atomic E-state index is 15.1. The summed E-state index contributed by atoms with van der Waals surface area (Å²) in [5.74, 6) is -2.18. The largest absolute Gasteiger partial charge is 0.493 e. The molecule has 1 atom stereocenters. The van der Waals surface area contributed by atoms with Crippen LogP contribution in [-0.4, -0.2) is 27.1 Å². The molecule has 0 saturated heterocycles. The topological polar surface area (TPSA) is 82.5 Å². The van der Waals surface area contributed by atoms with Gasteiger partial charge in [-0.25, -0.2) is 18.3 Å². The van der Waals surface area contributed by atoms with Crippen LogP contribution in [0.1, 0.15) is 59.4 Å². The van der Waals surface area contributed by atoms with Crippen molar-refractivity contribution in [2.75, 3.05) is 6.61 Å². The second-order valence-corrected chi connectivity index (χ2v) is 8.40. The van der Waals surface area contributed by atoms with Crippen LogP contribution >= 0.6 is 0 Å². The molecule has 0 spiro atoms. The third kappa shape index (κ3) is 3.33. The summed E-state index contributed by atoms with van der Waals surface area (Å²) >= 11 is 0. The average molecular weight is 448 g/mol. The molecule has 5 rings (SSSR count). The van der Waals surface area contributed by atoms with Crippen LogP contribution in [0.4, 0.5) is 8.78 Å². The minimum Gasteiger partial charge on any atom is -0.493 e. The zero-order valence-electron chi connectivity index (χ0n) is 18.2. The second-order valence-electron chi connectivity index (χ2n) is 8.40. The number of halogens is 2. The smallest absolute Gasteiger partial charge is 0.252 e. The van der Waals surface area contributed by atoms with Gasteiger partial charge in [0.05, 0.1) is 29.1 Å². The lowest BCUT2D eigenvalue weighted by Gasteiger charge is -2.25. The van der Waals surface area contributed by atoms with Gasteiger partial charge in [0.25, 0.3) is 5.91 Å². The number of amides is 1. The highest BCUT2D eigenvalue weighted by molar-refractivity contribution is 5.94. The van der Waals surface area contributed by atoms with Crippen molar-refractivity contribution in [1.82, 2.24) is 14.6 Å². The number of primary amides is 1. The normalized spacial score (nSPS) is 15.5. The lowest BCUT2D eigenvalue weighted by molar-refractivity contribution is 0.0998. The molecule has 2 aromatic heterocycles. The van der Waals surface area contributed by atoms with Gasteiger partial charge >= 0.3 is 0 Å². The van der Waals surface area contributed by atoms with E-state index in [-0.39, 0.29) is 23.0 Å². The molecular formula is C25H22F2N4O2. The predicted molar refractivity (Wildman–Crippen MR) is 119 cm³/mol. The van der Waals surface area contributed by atoms with Crippen LogP contribution in [-0.2, 0) is 0 Å². The summed E-state index contributed by atoms with van der Waals surface area (Å²) in [6, 6.07) is 11.7. The quantitative estimate of drug-likeness (QED) is 0.486. The molecule has 1 aliphatic heterocycles. The minimum absolute atomic E-state index is 0.0676. The second kappa shape index (κ2) is 7.95. The third-order valence-electron chi connectivity index (χ3n) is 6.03. The van der Waals surface area contributed by atoms with E-state index >= 15 is 4.39 Å². The molecule has 1 amide bonds. The van der Waals surface area contributed by atoms with Crippen molar-refractivity contribution in [3.8, 4) is 16.9 Å². The van der Waals surface area contributed by atoms with Crippen LogP contribution in [0.3, 0.4) is 0 Å². The van der Waals surface area contributed by atoms with Gasteiger partial charge in [-0.05, 0) is 24.5 Å². The maximum absolute atomic E-state index is 15.1. The van der Waals surface area contributed by atoms with Crippen LogP contribution < -0.4 is 10.5 Å². The van der Waals surface area contributed by atoms with E-state index in [0.29, 0.717) is 35.6 Å². The van der Waals surface area contributed by atoms with Gasteiger partial charge in [0.15, 0.2) is 17.3 Å². The van der Waals surface area contributed by atoms with E-state index in [9.17, 15) is 9.18 Å². The lowest BCUT2D eigenvalue weighted by atomic mass is 9.87. The molecule has 8 heteroatoms. The number of fused-ring (bicyclic) bond motifs is 2. The van der Waals surface area contributed by atoms with Gasteiger partial charge < -0.3 is 10.5 Å². The Hall–Kier alpha value is -3.81. The molecule has 0 aliphatic carbocycles. The zero-order valence-corrected chi connectivity index (χ0v) is 18.2. The highest BCUT2D eigenvalue weighted by atomic mass is 19.2.